The van der Waals surface area contributed by atoms with Crippen molar-refractivity contribution < 1.29 is 19.1 Å². The maximum absolute atomic E-state index is 12.4. The van der Waals surface area contributed by atoms with E-state index in [-0.39, 0.29) is 5.76 Å². The van der Waals surface area contributed by atoms with E-state index in [1.54, 1.807) is 25.3 Å². The minimum Gasteiger partial charge on any atom is -0.501 e. The highest BCUT2D eigenvalue weighted by Crippen LogP contribution is 2.38. The number of aromatic amines is 2. The van der Waals surface area contributed by atoms with E-state index < -0.39 is 17.1 Å². The Morgan fingerprint density at radius 2 is 1.91 bits per heavy atom. The van der Waals surface area contributed by atoms with Crippen molar-refractivity contribution in [3.05, 3.63) is 82.3 Å². The summed E-state index contributed by atoms with van der Waals surface area (Å²) in [7, 11) is 1.33. The maximum atomic E-state index is 12.4. The zero-order chi connectivity index (χ0) is 23.1. The molecule has 0 spiro atoms. The molecule has 0 atom stereocenters. The smallest absolute Gasteiger partial charge is 0.338 e. The van der Waals surface area contributed by atoms with E-state index in [1.807, 2.05) is 36.4 Å². The van der Waals surface area contributed by atoms with Gasteiger partial charge in [-0.2, -0.15) is 0 Å². The van der Waals surface area contributed by atoms with Gasteiger partial charge in [0.2, 0.25) is 11.2 Å². The summed E-state index contributed by atoms with van der Waals surface area (Å²) in [5.41, 5.74) is 2.78. The van der Waals surface area contributed by atoms with E-state index in [0.29, 0.717) is 39.5 Å². The number of aryl methyl sites for hydroxylation is 1. The lowest BCUT2D eigenvalue weighted by atomic mass is 10.1. The number of carbonyl (C=O) groups is 1. The Labute approximate surface area is 187 Å². The number of rotatable bonds is 4. The quantitative estimate of drug-likeness (QED) is 0.349. The first-order chi connectivity index (χ1) is 16.0. The molecule has 0 unspecified atom stereocenters. The van der Waals surface area contributed by atoms with Crippen LogP contribution in [0.25, 0.3) is 45.0 Å². The van der Waals surface area contributed by atoms with Crippen molar-refractivity contribution in [1.82, 2.24) is 15.0 Å². The average Bonchev–Trinajstić information content (AvgIpc) is 3.46. The molecular formula is C25H19N3O5. The number of aromatic nitrogens is 3. The van der Waals surface area contributed by atoms with Gasteiger partial charge >= 0.3 is 5.97 Å². The van der Waals surface area contributed by atoms with Gasteiger partial charge in [0, 0.05) is 34.3 Å². The number of nitrogens with zero attached hydrogens (tertiary/aromatic N) is 1. The van der Waals surface area contributed by atoms with Gasteiger partial charge in [0.25, 0.3) is 0 Å². The van der Waals surface area contributed by atoms with Crippen molar-refractivity contribution in [2.45, 2.75) is 6.92 Å². The second kappa shape index (κ2) is 7.83. The van der Waals surface area contributed by atoms with E-state index in [4.69, 9.17) is 14.1 Å². The normalized spacial score (nSPS) is 11.1. The van der Waals surface area contributed by atoms with Crippen LogP contribution < -0.4 is 5.43 Å². The number of fused-ring (bicyclic) bond motifs is 1. The number of benzene rings is 2. The molecule has 0 saturated carbocycles. The zero-order valence-corrected chi connectivity index (χ0v) is 17.8. The van der Waals surface area contributed by atoms with Gasteiger partial charge in [0.15, 0.2) is 5.76 Å². The summed E-state index contributed by atoms with van der Waals surface area (Å²) in [6, 6.07) is 15.8. The molecule has 0 aliphatic heterocycles. The standard InChI is InChI=1S/C25H19N3O5/c1-13-11-18(29)22(30)23(33-13)21-20(14-7-4-3-5-8-14)27-24(28-21)16-12-26-17-10-6-9-15(19(16)17)25(31)32-2/h3-12,26,30H,1-2H3,(H,27,28). The van der Waals surface area contributed by atoms with Gasteiger partial charge < -0.3 is 24.2 Å². The van der Waals surface area contributed by atoms with Gasteiger partial charge in [-0.15, -0.1) is 0 Å². The van der Waals surface area contributed by atoms with Crippen LogP contribution in [-0.2, 0) is 4.74 Å². The first-order valence-corrected chi connectivity index (χ1v) is 10.2. The van der Waals surface area contributed by atoms with Crippen LogP contribution in [-0.4, -0.2) is 33.1 Å². The van der Waals surface area contributed by atoms with Crippen LogP contribution in [0.5, 0.6) is 5.75 Å². The molecule has 5 rings (SSSR count). The van der Waals surface area contributed by atoms with E-state index >= 15 is 0 Å². The van der Waals surface area contributed by atoms with Crippen LogP contribution in [0.2, 0.25) is 0 Å². The molecule has 5 aromatic rings. The highest BCUT2D eigenvalue weighted by atomic mass is 16.5. The Hall–Kier alpha value is -4.59. The van der Waals surface area contributed by atoms with Crippen LogP contribution in [0.3, 0.4) is 0 Å². The third kappa shape index (κ3) is 3.38. The molecule has 33 heavy (non-hydrogen) atoms. The fourth-order valence-electron chi connectivity index (χ4n) is 3.89. The number of H-pyrrole nitrogens is 2. The molecule has 0 fully saturated rings. The van der Waals surface area contributed by atoms with Crippen molar-refractivity contribution in [2.75, 3.05) is 7.11 Å². The van der Waals surface area contributed by atoms with E-state index in [2.05, 4.69) is 9.97 Å². The van der Waals surface area contributed by atoms with E-state index in [9.17, 15) is 14.7 Å². The molecule has 0 saturated heterocycles. The van der Waals surface area contributed by atoms with Crippen LogP contribution in [0.1, 0.15) is 16.1 Å². The van der Waals surface area contributed by atoms with Crippen LogP contribution in [0, 0.1) is 6.92 Å². The molecule has 0 amide bonds. The minimum atomic E-state index is -0.552. The Kier molecular flexibility index (Phi) is 4.82. The molecule has 2 aromatic carbocycles. The lowest BCUT2D eigenvalue weighted by Gasteiger charge is -2.05. The van der Waals surface area contributed by atoms with Crippen molar-refractivity contribution >= 4 is 16.9 Å². The topological polar surface area (TPSA) is 121 Å². The number of aromatic hydroxyl groups is 1. The molecule has 3 heterocycles. The van der Waals surface area contributed by atoms with Crippen molar-refractivity contribution in [1.29, 1.82) is 0 Å². The first kappa shape index (κ1) is 20.3. The summed E-state index contributed by atoms with van der Waals surface area (Å²) >= 11 is 0. The molecule has 3 N–H and O–H groups in total. The lowest BCUT2D eigenvalue weighted by molar-refractivity contribution is 0.0603. The van der Waals surface area contributed by atoms with E-state index in [0.717, 1.165) is 11.1 Å². The summed E-state index contributed by atoms with van der Waals surface area (Å²) in [6.45, 7) is 1.63. The van der Waals surface area contributed by atoms with Crippen molar-refractivity contribution in [3.8, 4) is 39.8 Å². The Balaban J connectivity index is 1.81. The highest BCUT2D eigenvalue weighted by molar-refractivity contribution is 6.09. The van der Waals surface area contributed by atoms with Crippen molar-refractivity contribution in [3.63, 3.8) is 0 Å². The summed E-state index contributed by atoms with van der Waals surface area (Å²) < 4.78 is 10.7. The first-order valence-electron chi connectivity index (χ1n) is 10.2. The van der Waals surface area contributed by atoms with Crippen LogP contribution >= 0.6 is 0 Å². The van der Waals surface area contributed by atoms with E-state index in [1.165, 1.54) is 13.2 Å². The Morgan fingerprint density at radius 3 is 2.67 bits per heavy atom. The minimum absolute atomic E-state index is 0.00867. The third-order valence-electron chi connectivity index (χ3n) is 5.39. The SMILES string of the molecule is COC(=O)c1cccc2[nH]cc(-c3nc(-c4ccccc4)c(-c4oc(C)cc(=O)c4O)[nH]3)c12. The second-order valence-electron chi connectivity index (χ2n) is 7.50. The lowest BCUT2D eigenvalue weighted by Crippen LogP contribution is -2.02. The maximum Gasteiger partial charge on any atom is 0.338 e. The highest BCUT2D eigenvalue weighted by Gasteiger charge is 2.24. The van der Waals surface area contributed by atoms with Gasteiger partial charge in [-0.05, 0) is 19.1 Å². The monoisotopic (exact) mass is 441 g/mol. The second-order valence-corrected chi connectivity index (χ2v) is 7.50. The molecule has 3 aromatic heterocycles. The van der Waals surface area contributed by atoms with Gasteiger partial charge in [-0.1, -0.05) is 36.4 Å². The number of imidazole rings is 1. The van der Waals surface area contributed by atoms with Gasteiger partial charge in [-0.3, -0.25) is 4.79 Å². The average molecular weight is 441 g/mol. The van der Waals surface area contributed by atoms with Crippen LogP contribution in [0.4, 0.5) is 0 Å². The largest absolute Gasteiger partial charge is 0.501 e. The number of carbonyl (C=O) groups excluding carboxylic acids is 1. The summed E-state index contributed by atoms with van der Waals surface area (Å²) in [5.74, 6) is -0.218. The molecule has 0 aliphatic rings. The summed E-state index contributed by atoms with van der Waals surface area (Å²) in [6.07, 6.45) is 1.74. The predicted octanol–water partition coefficient (Wildman–Crippen LogP) is 4.65. The number of hydrogen-bond donors (Lipinski definition) is 3. The Bertz CT molecular complexity index is 1560. The summed E-state index contributed by atoms with van der Waals surface area (Å²) in [5, 5.41) is 11.1. The fourth-order valence-corrected chi connectivity index (χ4v) is 3.89. The molecular weight excluding hydrogens is 422 g/mol. The van der Waals surface area contributed by atoms with Gasteiger partial charge in [0.1, 0.15) is 23.0 Å². The predicted molar refractivity (Wildman–Crippen MR) is 123 cm³/mol. The van der Waals surface area contributed by atoms with Gasteiger partial charge in [-0.25, -0.2) is 9.78 Å². The van der Waals surface area contributed by atoms with Gasteiger partial charge in [0.05, 0.1) is 12.7 Å². The fraction of sp³-hybridized carbons (Fsp3) is 0.0800. The molecule has 8 nitrogen and oxygen atoms in total. The molecule has 0 aliphatic carbocycles. The molecule has 164 valence electrons. The van der Waals surface area contributed by atoms with Crippen LogP contribution in [0.15, 0.2) is 70.0 Å². The molecule has 8 heteroatoms. The number of esters is 1. The molecule has 0 bridgehead atoms. The zero-order valence-electron chi connectivity index (χ0n) is 17.8. The molecule has 0 radical (unpaired) electrons. The third-order valence-corrected chi connectivity index (χ3v) is 5.39. The van der Waals surface area contributed by atoms with Crippen molar-refractivity contribution in [2.24, 2.45) is 0 Å². The number of methoxy groups -OCH3 is 1. The number of hydrogen-bond acceptors (Lipinski definition) is 6. The summed E-state index contributed by atoms with van der Waals surface area (Å²) in [4.78, 5) is 35.8. The number of nitrogens with one attached hydrogen (secondary N) is 2. The Morgan fingerprint density at radius 1 is 1.12 bits per heavy atom. The number of ether oxygens (including phenoxy) is 1.